The Kier molecular flexibility index (Phi) is 3.12. The summed E-state index contributed by atoms with van der Waals surface area (Å²) in [5.74, 6) is 2.05. The van der Waals surface area contributed by atoms with Crippen molar-refractivity contribution in [3.63, 3.8) is 0 Å². The van der Waals surface area contributed by atoms with E-state index in [2.05, 4.69) is 5.32 Å². The number of carbonyl (C=O) groups excluding carboxylic acids is 2. The van der Waals surface area contributed by atoms with Crippen molar-refractivity contribution in [1.29, 1.82) is 0 Å². The van der Waals surface area contributed by atoms with Gasteiger partial charge in [0.25, 0.3) is 0 Å². The van der Waals surface area contributed by atoms with E-state index in [-0.39, 0.29) is 11.8 Å². The average molecular weight is 292 g/mol. The SMILES string of the molecule is O=C1NC[C@H](C(=O)N2CC3(CCC(C4CC4)C3)C2)CCO1. The second kappa shape index (κ2) is 4.89. The molecule has 0 bridgehead atoms. The second-order valence-corrected chi connectivity index (χ2v) is 7.54. The zero-order valence-electron chi connectivity index (χ0n) is 12.5. The molecule has 116 valence electrons. The van der Waals surface area contributed by atoms with Crippen molar-refractivity contribution in [1.82, 2.24) is 10.2 Å². The predicted molar refractivity (Wildman–Crippen MR) is 76.5 cm³/mol. The van der Waals surface area contributed by atoms with Crippen LogP contribution in [0, 0.1) is 23.2 Å². The fourth-order valence-electron chi connectivity index (χ4n) is 4.55. The summed E-state index contributed by atoms with van der Waals surface area (Å²) in [6.45, 7) is 2.66. The van der Waals surface area contributed by atoms with Gasteiger partial charge < -0.3 is 15.0 Å². The minimum absolute atomic E-state index is 0.102. The van der Waals surface area contributed by atoms with Gasteiger partial charge in [-0.2, -0.15) is 0 Å². The molecule has 4 rings (SSSR count). The molecule has 1 unspecified atom stereocenters. The molecule has 0 aromatic rings. The molecule has 2 heterocycles. The number of nitrogens with zero attached hydrogens (tertiary/aromatic N) is 1. The maximum absolute atomic E-state index is 12.5. The first-order chi connectivity index (χ1) is 10.2. The summed E-state index contributed by atoms with van der Waals surface area (Å²) in [7, 11) is 0. The minimum Gasteiger partial charge on any atom is -0.450 e. The summed E-state index contributed by atoms with van der Waals surface area (Å²) in [5, 5.41) is 2.66. The molecule has 2 aliphatic heterocycles. The Hall–Kier alpha value is -1.26. The van der Waals surface area contributed by atoms with Crippen molar-refractivity contribution in [2.75, 3.05) is 26.2 Å². The van der Waals surface area contributed by atoms with Crippen LogP contribution in [-0.2, 0) is 9.53 Å². The fourth-order valence-corrected chi connectivity index (χ4v) is 4.55. The van der Waals surface area contributed by atoms with Crippen molar-refractivity contribution in [2.45, 2.75) is 38.5 Å². The van der Waals surface area contributed by atoms with E-state index in [9.17, 15) is 9.59 Å². The predicted octanol–water partition coefficient (Wildman–Crippen LogP) is 1.77. The van der Waals surface area contributed by atoms with Crippen LogP contribution in [0.25, 0.3) is 0 Å². The molecule has 4 fully saturated rings. The van der Waals surface area contributed by atoms with Crippen molar-refractivity contribution >= 4 is 12.0 Å². The largest absolute Gasteiger partial charge is 0.450 e. The molecular weight excluding hydrogens is 268 g/mol. The van der Waals surface area contributed by atoms with E-state index in [0.717, 1.165) is 24.9 Å². The smallest absolute Gasteiger partial charge is 0.407 e. The van der Waals surface area contributed by atoms with Crippen molar-refractivity contribution in [2.24, 2.45) is 23.2 Å². The highest BCUT2D eigenvalue weighted by atomic mass is 16.5. The molecule has 4 aliphatic rings. The third-order valence-electron chi connectivity index (χ3n) is 5.94. The molecule has 2 amide bonds. The highest BCUT2D eigenvalue weighted by Crippen LogP contribution is 2.55. The molecule has 0 radical (unpaired) electrons. The first kappa shape index (κ1) is 13.4. The molecule has 1 spiro atoms. The summed E-state index contributed by atoms with van der Waals surface area (Å²) in [6, 6.07) is 0. The summed E-state index contributed by atoms with van der Waals surface area (Å²) in [4.78, 5) is 25.7. The zero-order valence-corrected chi connectivity index (χ0v) is 12.5. The van der Waals surface area contributed by atoms with Crippen LogP contribution in [0.2, 0.25) is 0 Å². The average Bonchev–Trinajstić information content (AvgIpc) is 3.21. The lowest BCUT2D eigenvalue weighted by atomic mass is 9.76. The van der Waals surface area contributed by atoms with Crippen LogP contribution in [0.3, 0.4) is 0 Å². The van der Waals surface area contributed by atoms with Crippen LogP contribution in [0.1, 0.15) is 38.5 Å². The topological polar surface area (TPSA) is 58.6 Å². The Labute approximate surface area is 125 Å². The van der Waals surface area contributed by atoms with Gasteiger partial charge in [-0.05, 0) is 50.4 Å². The van der Waals surface area contributed by atoms with E-state index in [1.165, 1.54) is 32.1 Å². The number of nitrogens with one attached hydrogen (secondary N) is 1. The van der Waals surface area contributed by atoms with E-state index in [4.69, 9.17) is 4.74 Å². The molecule has 2 saturated heterocycles. The highest BCUT2D eigenvalue weighted by molar-refractivity contribution is 5.81. The van der Waals surface area contributed by atoms with Crippen LogP contribution in [0.5, 0.6) is 0 Å². The van der Waals surface area contributed by atoms with Gasteiger partial charge in [0.15, 0.2) is 0 Å². The summed E-state index contributed by atoms with van der Waals surface area (Å²) in [6.07, 6.45) is 7.14. The Morgan fingerprint density at radius 2 is 2.00 bits per heavy atom. The van der Waals surface area contributed by atoms with E-state index < -0.39 is 6.09 Å². The highest BCUT2D eigenvalue weighted by Gasteiger charge is 2.52. The monoisotopic (exact) mass is 292 g/mol. The van der Waals surface area contributed by atoms with Gasteiger partial charge in [0.1, 0.15) is 0 Å². The van der Waals surface area contributed by atoms with Gasteiger partial charge in [-0.15, -0.1) is 0 Å². The molecule has 0 aromatic heterocycles. The number of hydrogen-bond acceptors (Lipinski definition) is 3. The molecule has 2 atom stereocenters. The Balaban J connectivity index is 1.30. The lowest BCUT2D eigenvalue weighted by Crippen LogP contribution is -2.59. The van der Waals surface area contributed by atoms with Crippen LogP contribution in [0.15, 0.2) is 0 Å². The maximum Gasteiger partial charge on any atom is 0.407 e. The van der Waals surface area contributed by atoms with Gasteiger partial charge in [-0.3, -0.25) is 4.79 Å². The van der Waals surface area contributed by atoms with E-state index >= 15 is 0 Å². The molecule has 0 aromatic carbocycles. The van der Waals surface area contributed by atoms with Crippen molar-refractivity contribution < 1.29 is 14.3 Å². The van der Waals surface area contributed by atoms with E-state index in [1.54, 1.807) is 0 Å². The maximum atomic E-state index is 12.5. The molecule has 2 aliphatic carbocycles. The second-order valence-electron chi connectivity index (χ2n) is 7.54. The molecule has 2 saturated carbocycles. The van der Waals surface area contributed by atoms with Crippen molar-refractivity contribution in [3.8, 4) is 0 Å². The number of ether oxygens (including phenoxy) is 1. The number of cyclic esters (lactones) is 1. The van der Waals surface area contributed by atoms with Crippen LogP contribution >= 0.6 is 0 Å². The van der Waals surface area contributed by atoms with Crippen LogP contribution in [-0.4, -0.2) is 43.1 Å². The number of carbonyl (C=O) groups is 2. The summed E-state index contributed by atoms with van der Waals surface area (Å²) < 4.78 is 4.93. The lowest BCUT2D eigenvalue weighted by Gasteiger charge is -2.49. The first-order valence-corrected chi connectivity index (χ1v) is 8.35. The standard InChI is InChI=1S/C16H24N2O3/c19-14(13-4-6-21-15(20)17-8-13)18-9-16(10-18)5-3-12(7-16)11-1-2-11/h11-13H,1-10H2,(H,17,20)/t12?,13-/m1/s1. The van der Waals surface area contributed by atoms with Gasteiger partial charge in [-0.25, -0.2) is 4.79 Å². The molecule has 1 N–H and O–H groups in total. The van der Waals surface area contributed by atoms with Gasteiger partial charge in [0, 0.05) is 25.0 Å². The molecular formula is C16H24N2O3. The fraction of sp³-hybridized carbons (Fsp3) is 0.875. The number of hydrogen-bond donors (Lipinski definition) is 1. The Morgan fingerprint density at radius 1 is 1.19 bits per heavy atom. The zero-order chi connectivity index (χ0) is 14.4. The lowest BCUT2D eigenvalue weighted by molar-refractivity contribution is -0.148. The summed E-state index contributed by atoms with van der Waals surface area (Å²) in [5.41, 5.74) is 0.438. The quantitative estimate of drug-likeness (QED) is 0.844. The van der Waals surface area contributed by atoms with Crippen LogP contribution < -0.4 is 5.32 Å². The Morgan fingerprint density at radius 3 is 2.76 bits per heavy atom. The van der Waals surface area contributed by atoms with Gasteiger partial charge in [-0.1, -0.05) is 0 Å². The molecule has 5 nitrogen and oxygen atoms in total. The van der Waals surface area contributed by atoms with Gasteiger partial charge >= 0.3 is 6.09 Å². The van der Waals surface area contributed by atoms with Crippen molar-refractivity contribution in [3.05, 3.63) is 0 Å². The van der Waals surface area contributed by atoms with E-state index in [0.29, 0.717) is 25.0 Å². The minimum atomic E-state index is -0.395. The number of rotatable bonds is 2. The molecule has 5 heteroatoms. The number of amides is 2. The molecule has 21 heavy (non-hydrogen) atoms. The third kappa shape index (κ3) is 2.51. The first-order valence-electron chi connectivity index (χ1n) is 8.35. The number of likely N-dealkylation sites (tertiary alicyclic amines) is 1. The van der Waals surface area contributed by atoms with Gasteiger partial charge in [0.05, 0.1) is 12.5 Å². The van der Waals surface area contributed by atoms with Crippen LogP contribution in [0.4, 0.5) is 4.79 Å². The van der Waals surface area contributed by atoms with Gasteiger partial charge in [0.2, 0.25) is 5.91 Å². The summed E-state index contributed by atoms with van der Waals surface area (Å²) >= 11 is 0. The van der Waals surface area contributed by atoms with E-state index in [1.807, 2.05) is 4.90 Å². The number of alkyl carbamates (subject to hydrolysis) is 1. The third-order valence-corrected chi connectivity index (χ3v) is 5.94. The normalized spacial score (nSPS) is 34.9. The Bertz CT molecular complexity index is 454.